The van der Waals surface area contributed by atoms with Crippen LogP contribution in [-0.4, -0.2) is 26.7 Å². The largest absolute Gasteiger partial charge is 0.586 e. The number of nitrogens with one attached hydrogen (secondary N) is 2. The lowest BCUT2D eigenvalue weighted by Crippen LogP contribution is -2.41. The van der Waals surface area contributed by atoms with Crippen LogP contribution in [-0.2, 0) is 14.8 Å². The molecule has 26 heavy (non-hydrogen) atoms. The number of carbonyl (C=O) groups is 1. The molecule has 0 fully saturated rings. The summed E-state index contributed by atoms with van der Waals surface area (Å²) in [5, 5.41) is 2.43. The van der Waals surface area contributed by atoms with Crippen LogP contribution < -0.4 is 19.5 Å². The highest BCUT2D eigenvalue weighted by atomic mass is 32.2. The van der Waals surface area contributed by atoms with Crippen molar-refractivity contribution in [1.82, 2.24) is 4.72 Å². The second-order valence-electron chi connectivity index (χ2n) is 5.47. The molecular weight excluding hydrogens is 370 g/mol. The number of alkyl halides is 2. The summed E-state index contributed by atoms with van der Waals surface area (Å²) in [7, 11) is -3.88. The maximum absolute atomic E-state index is 13.0. The van der Waals surface area contributed by atoms with Gasteiger partial charge in [0.1, 0.15) is 0 Å². The minimum absolute atomic E-state index is 0.0185. The Morgan fingerprint density at radius 2 is 1.73 bits per heavy atom. The van der Waals surface area contributed by atoms with E-state index in [0.717, 1.165) is 6.07 Å². The van der Waals surface area contributed by atoms with Crippen molar-refractivity contribution in [1.29, 1.82) is 0 Å². The molecule has 7 nitrogen and oxygen atoms in total. The number of fused-ring (bicyclic) bond motifs is 1. The predicted octanol–water partition coefficient (Wildman–Crippen LogP) is 2.31. The summed E-state index contributed by atoms with van der Waals surface area (Å²) in [5.41, 5.74) is 0.154. The number of amides is 1. The maximum Gasteiger partial charge on any atom is 0.586 e. The summed E-state index contributed by atoms with van der Waals surface area (Å²) in [6, 6.07) is 10.2. The monoisotopic (exact) mass is 384 g/mol. The van der Waals surface area contributed by atoms with E-state index in [2.05, 4.69) is 19.5 Å². The molecule has 0 saturated carbocycles. The Kier molecular flexibility index (Phi) is 4.55. The average Bonchev–Trinajstić information content (AvgIpc) is 2.88. The van der Waals surface area contributed by atoms with Gasteiger partial charge in [0.15, 0.2) is 11.5 Å². The molecule has 1 aliphatic heterocycles. The summed E-state index contributed by atoms with van der Waals surface area (Å²) in [6.07, 6.45) is -3.76. The number of sulfonamides is 1. The van der Waals surface area contributed by atoms with Crippen molar-refractivity contribution < 1.29 is 31.5 Å². The molecule has 2 aromatic carbocycles. The molecule has 2 aromatic rings. The van der Waals surface area contributed by atoms with Gasteiger partial charge in [0.25, 0.3) is 0 Å². The van der Waals surface area contributed by atoms with E-state index in [-0.39, 0.29) is 22.1 Å². The van der Waals surface area contributed by atoms with Gasteiger partial charge in [-0.2, -0.15) is 4.72 Å². The summed E-state index contributed by atoms with van der Waals surface area (Å²) < 4.78 is 61.2. The first-order valence-corrected chi connectivity index (χ1v) is 8.93. The zero-order valence-electron chi connectivity index (χ0n) is 13.4. The second-order valence-corrected chi connectivity index (χ2v) is 7.19. The Hall–Kier alpha value is -2.72. The topological polar surface area (TPSA) is 93.7 Å². The molecule has 0 aliphatic carbocycles. The van der Waals surface area contributed by atoms with Gasteiger partial charge in [-0.05, 0) is 31.2 Å². The lowest BCUT2D eigenvalue weighted by molar-refractivity contribution is -0.286. The van der Waals surface area contributed by atoms with Crippen molar-refractivity contribution in [3.05, 3.63) is 48.5 Å². The summed E-state index contributed by atoms with van der Waals surface area (Å²) in [5.74, 6) is -1.06. The van der Waals surface area contributed by atoms with E-state index in [0.29, 0.717) is 0 Å². The van der Waals surface area contributed by atoms with Crippen molar-refractivity contribution in [3.8, 4) is 11.5 Å². The zero-order valence-corrected chi connectivity index (χ0v) is 14.2. The highest BCUT2D eigenvalue weighted by molar-refractivity contribution is 7.89. The van der Waals surface area contributed by atoms with E-state index in [1.807, 2.05) is 0 Å². The Morgan fingerprint density at radius 3 is 2.42 bits per heavy atom. The van der Waals surface area contributed by atoms with Gasteiger partial charge in [-0.15, -0.1) is 8.78 Å². The molecule has 2 N–H and O–H groups in total. The smallest absolute Gasteiger partial charge is 0.395 e. The molecule has 1 heterocycles. The highest BCUT2D eigenvalue weighted by Gasteiger charge is 2.43. The third kappa shape index (κ3) is 3.92. The lowest BCUT2D eigenvalue weighted by Gasteiger charge is -2.14. The normalized spacial score (nSPS) is 16.1. The molecule has 0 aromatic heterocycles. The van der Waals surface area contributed by atoms with E-state index >= 15 is 0 Å². The number of ether oxygens (including phenoxy) is 2. The highest BCUT2D eigenvalue weighted by Crippen LogP contribution is 2.42. The van der Waals surface area contributed by atoms with Gasteiger partial charge >= 0.3 is 6.29 Å². The fraction of sp³-hybridized carbons (Fsp3) is 0.188. The van der Waals surface area contributed by atoms with Crippen LogP contribution in [0.2, 0.25) is 0 Å². The third-order valence-electron chi connectivity index (χ3n) is 3.45. The van der Waals surface area contributed by atoms with Gasteiger partial charge in [0.2, 0.25) is 15.9 Å². The Balaban J connectivity index is 1.67. The van der Waals surface area contributed by atoms with Crippen molar-refractivity contribution in [2.24, 2.45) is 0 Å². The number of carbonyl (C=O) groups excluding carboxylic acids is 1. The first-order chi connectivity index (χ1) is 12.2. The summed E-state index contributed by atoms with van der Waals surface area (Å²) in [6.45, 7) is 1.36. The van der Waals surface area contributed by atoms with Gasteiger partial charge < -0.3 is 14.8 Å². The number of anilines is 1. The molecule has 1 aliphatic rings. The molecule has 0 unspecified atom stereocenters. The minimum Gasteiger partial charge on any atom is -0.395 e. The van der Waals surface area contributed by atoms with Gasteiger partial charge in [-0.25, -0.2) is 8.42 Å². The van der Waals surface area contributed by atoms with E-state index < -0.39 is 28.3 Å². The fourth-order valence-corrected chi connectivity index (χ4v) is 3.46. The molecule has 3 rings (SSSR count). The van der Waals surface area contributed by atoms with Crippen LogP contribution >= 0.6 is 0 Å². The predicted molar refractivity (Wildman–Crippen MR) is 87.5 cm³/mol. The number of benzene rings is 2. The van der Waals surface area contributed by atoms with Gasteiger partial charge in [-0.1, -0.05) is 18.2 Å². The van der Waals surface area contributed by atoms with Gasteiger partial charge in [-0.3, -0.25) is 4.79 Å². The van der Waals surface area contributed by atoms with Crippen LogP contribution in [0.5, 0.6) is 11.5 Å². The first kappa shape index (κ1) is 18.1. The molecule has 138 valence electrons. The fourth-order valence-electron chi connectivity index (χ4n) is 2.23. The minimum atomic E-state index is -3.88. The van der Waals surface area contributed by atoms with Crippen LogP contribution in [0.15, 0.2) is 53.4 Å². The van der Waals surface area contributed by atoms with E-state index in [9.17, 15) is 22.0 Å². The van der Waals surface area contributed by atoms with Crippen molar-refractivity contribution >= 4 is 21.6 Å². The Bertz CT molecular complexity index is 935. The second kappa shape index (κ2) is 6.54. The summed E-state index contributed by atoms with van der Waals surface area (Å²) >= 11 is 0. The van der Waals surface area contributed by atoms with E-state index in [1.54, 1.807) is 18.2 Å². The van der Waals surface area contributed by atoms with Crippen molar-refractivity contribution in [2.45, 2.75) is 24.2 Å². The number of hydrogen-bond acceptors (Lipinski definition) is 5. The number of halogens is 2. The molecule has 1 atom stereocenters. The van der Waals surface area contributed by atoms with E-state index in [4.69, 9.17) is 0 Å². The quantitative estimate of drug-likeness (QED) is 0.825. The maximum atomic E-state index is 13.0. The first-order valence-electron chi connectivity index (χ1n) is 7.44. The lowest BCUT2D eigenvalue weighted by atomic mass is 10.2. The van der Waals surface area contributed by atoms with Crippen molar-refractivity contribution in [3.63, 3.8) is 0 Å². The third-order valence-corrected chi connectivity index (χ3v) is 5.00. The van der Waals surface area contributed by atoms with Gasteiger partial charge in [0, 0.05) is 11.8 Å². The SMILES string of the molecule is C[C@@H](NS(=O)(=O)c1ccccc1)C(=O)Nc1ccc2c(c1)OC(F)(F)O2. The van der Waals surface area contributed by atoms with Crippen LogP contribution in [0.1, 0.15) is 6.92 Å². The summed E-state index contributed by atoms with van der Waals surface area (Å²) in [4.78, 5) is 12.2. The van der Waals surface area contributed by atoms with Crippen LogP contribution in [0.4, 0.5) is 14.5 Å². The Morgan fingerprint density at radius 1 is 1.08 bits per heavy atom. The van der Waals surface area contributed by atoms with Gasteiger partial charge in [0.05, 0.1) is 10.9 Å². The van der Waals surface area contributed by atoms with Crippen LogP contribution in [0, 0.1) is 0 Å². The molecule has 1 amide bonds. The number of rotatable bonds is 5. The standard InChI is InChI=1S/C16H14F2N2O5S/c1-10(20-26(22,23)12-5-3-2-4-6-12)15(21)19-11-7-8-13-14(9-11)25-16(17,18)24-13/h2-10,20H,1H3,(H,19,21)/t10-/m1/s1. The van der Waals surface area contributed by atoms with Crippen molar-refractivity contribution in [2.75, 3.05) is 5.32 Å². The molecule has 10 heteroatoms. The molecule has 0 radical (unpaired) electrons. The zero-order chi connectivity index (χ0) is 18.9. The van der Waals surface area contributed by atoms with Crippen LogP contribution in [0.25, 0.3) is 0 Å². The number of hydrogen-bond donors (Lipinski definition) is 2. The van der Waals surface area contributed by atoms with E-state index in [1.165, 1.54) is 31.2 Å². The molecular formula is C16H14F2N2O5S. The molecule has 0 bridgehead atoms. The Labute approximate surface area is 148 Å². The molecule has 0 spiro atoms. The average molecular weight is 384 g/mol. The van der Waals surface area contributed by atoms with Crippen LogP contribution in [0.3, 0.4) is 0 Å². The molecule has 0 saturated heterocycles.